The number of likely N-dealkylation sites (N-methyl/N-ethyl adjacent to an activating group) is 1. The Bertz CT molecular complexity index is 1420. The van der Waals surface area contributed by atoms with Crippen molar-refractivity contribution < 1.29 is 23.8 Å². The molecule has 0 spiro atoms. The molecule has 2 aliphatic heterocycles. The molecule has 1 saturated heterocycles. The molecule has 0 unspecified atom stereocenters. The third-order valence-electron chi connectivity index (χ3n) is 7.10. The zero-order valence-corrected chi connectivity index (χ0v) is 23.7. The lowest BCUT2D eigenvalue weighted by molar-refractivity contribution is -0.120. The Morgan fingerprint density at radius 1 is 0.976 bits per heavy atom. The van der Waals surface area contributed by atoms with Gasteiger partial charge in [-0.05, 0) is 49.7 Å². The molecule has 9 nitrogen and oxygen atoms in total. The van der Waals surface area contributed by atoms with Crippen molar-refractivity contribution in [1.29, 1.82) is 0 Å². The molecule has 0 radical (unpaired) electrons. The van der Waals surface area contributed by atoms with Crippen molar-refractivity contribution in [3.8, 4) is 11.5 Å². The van der Waals surface area contributed by atoms with E-state index in [0.717, 1.165) is 35.6 Å². The highest BCUT2D eigenvalue weighted by Gasteiger charge is 2.30. The van der Waals surface area contributed by atoms with Crippen molar-refractivity contribution in [1.82, 2.24) is 4.90 Å². The van der Waals surface area contributed by atoms with Crippen LogP contribution in [0.4, 0.5) is 17.1 Å². The van der Waals surface area contributed by atoms with Gasteiger partial charge in [-0.1, -0.05) is 30.3 Å². The van der Waals surface area contributed by atoms with E-state index in [4.69, 9.17) is 14.2 Å². The zero-order valence-electron chi connectivity index (χ0n) is 23.7. The van der Waals surface area contributed by atoms with Gasteiger partial charge in [-0.3, -0.25) is 14.5 Å². The highest BCUT2D eigenvalue weighted by molar-refractivity contribution is 6.37. The van der Waals surface area contributed by atoms with Gasteiger partial charge in [-0.15, -0.1) is 0 Å². The molecule has 0 bridgehead atoms. The molecule has 0 aromatic heterocycles. The molecule has 41 heavy (non-hydrogen) atoms. The van der Waals surface area contributed by atoms with Crippen molar-refractivity contribution in [2.45, 2.75) is 13.8 Å². The van der Waals surface area contributed by atoms with Gasteiger partial charge in [-0.2, -0.15) is 0 Å². The molecule has 5 rings (SSSR count). The Labute approximate surface area is 240 Å². The van der Waals surface area contributed by atoms with Crippen LogP contribution >= 0.6 is 0 Å². The monoisotopic (exact) mass is 556 g/mol. The van der Waals surface area contributed by atoms with Crippen molar-refractivity contribution in [2.24, 2.45) is 0 Å². The maximum atomic E-state index is 13.4. The predicted molar refractivity (Wildman–Crippen MR) is 161 cm³/mol. The fourth-order valence-electron chi connectivity index (χ4n) is 4.96. The minimum absolute atomic E-state index is 0.0236. The van der Waals surface area contributed by atoms with E-state index in [1.54, 1.807) is 11.9 Å². The molecule has 9 heteroatoms. The molecule has 1 fully saturated rings. The third-order valence-corrected chi connectivity index (χ3v) is 7.10. The molecule has 0 aliphatic carbocycles. The Morgan fingerprint density at radius 3 is 2.29 bits per heavy atom. The number of morpholine rings is 1. The number of benzene rings is 3. The summed E-state index contributed by atoms with van der Waals surface area (Å²) in [6.45, 7) is 7.96. The smallest absolute Gasteiger partial charge is 0.258 e. The van der Waals surface area contributed by atoms with Gasteiger partial charge in [0.05, 0.1) is 49.9 Å². The van der Waals surface area contributed by atoms with Crippen molar-refractivity contribution >= 4 is 40.1 Å². The van der Waals surface area contributed by atoms with Crippen molar-refractivity contribution in [3.63, 3.8) is 0 Å². The first-order chi connectivity index (χ1) is 20.0. The van der Waals surface area contributed by atoms with E-state index in [9.17, 15) is 9.59 Å². The lowest BCUT2D eigenvalue weighted by Gasteiger charge is -2.28. The van der Waals surface area contributed by atoms with Gasteiger partial charge in [0.25, 0.3) is 5.91 Å². The standard InChI is InChI=1S/C32H36N4O5/c1-4-40-27-19-25-26(20-28(27)41-5-2)34-32(38)30(25)31(22-9-7-6-8-10-22)33-23-11-13-24(14-12-23)35(3)29(37)21-36-15-17-39-18-16-36/h6-14,19-20,33H,4-5,15-18,21H2,1-3H3,(H,34,38)/b31-30-. The molecular weight excluding hydrogens is 520 g/mol. The number of anilines is 3. The number of amides is 2. The normalized spacial score (nSPS) is 16.0. The van der Waals surface area contributed by atoms with Crippen LogP contribution in [0.25, 0.3) is 11.3 Å². The minimum atomic E-state index is -0.215. The van der Waals surface area contributed by atoms with Crippen molar-refractivity contribution in [3.05, 3.63) is 77.9 Å². The molecule has 2 N–H and O–H groups in total. The van der Waals surface area contributed by atoms with Crippen LogP contribution in [-0.2, 0) is 14.3 Å². The van der Waals surface area contributed by atoms with Crippen LogP contribution in [0.2, 0.25) is 0 Å². The van der Waals surface area contributed by atoms with Gasteiger partial charge in [0.15, 0.2) is 11.5 Å². The van der Waals surface area contributed by atoms with E-state index in [-0.39, 0.29) is 11.8 Å². The second kappa shape index (κ2) is 12.9. The van der Waals surface area contributed by atoms with E-state index in [1.807, 2.05) is 80.6 Å². The lowest BCUT2D eigenvalue weighted by atomic mass is 9.99. The van der Waals surface area contributed by atoms with Gasteiger partial charge < -0.3 is 29.7 Å². The number of rotatable bonds is 10. The zero-order chi connectivity index (χ0) is 28.8. The molecule has 3 aromatic rings. The van der Waals surface area contributed by atoms with E-state index in [2.05, 4.69) is 15.5 Å². The van der Waals surface area contributed by atoms with Gasteiger partial charge in [0, 0.05) is 43.1 Å². The lowest BCUT2D eigenvalue weighted by Crippen LogP contribution is -2.43. The van der Waals surface area contributed by atoms with Gasteiger partial charge in [0.2, 0.25) is 5.91 Å². The molecule has 3 aromatic carbocycles. The number of ether oxygens (including phenoxy) is 3. The summed E-state index contributed by atoms with van der Waals surface area (Å²) in [5, 5.41) is 6.48. The van der Waals surface area contributed by atoms with E-state index in [0.29, 0.717) is 61.4 Å². The summed E-state index contributed by atoms with van der Waals surface area (Å²) in [7, 11) is 1.79. The van der Waals surface area contributed by atoms with Crippen LogP contribution in [0.1, 0.15) is 25.0 Å². The SMILES string of the molecule is CCOc1cc2c(cc1OCC)/C(=C(/Nc1ccc(N(C)C(=O)CN3CCOCC3)cc1)c1ccccc1)C(=O)N2. The van der Waals surface area contributed by atoms with Crippen LogP contribution in [0.15, 0.2) is 66.7 Å². The summed E-state index contributed by atoms with van der Waals surface area (Å²) in [6.07, 6.45) is 0. The summed E-state index contributed by atoms with van der Waals surface area (Å²) in [5.74, 6) is 0.985. The number of carbonyl (C=O) groups is 2. The molecule has 0 atom stereocenters. The number of fused-ring (bicyclic) bond motifs is 1. The quantitative estimate of drug-likeness (QED) is 0.350. The summed E-state index contributed by atoms with van der Waals surface area (Å²) in [6, 6.07) is 21.0. The first-order valence-electron chi connectivity index (χ1n) is 14.0. The van der Waals surface area contributed by atoms with E-state index < -0.39 is 0 Å². The number of hydrogen-bond acceptors (Lipinski definition) is 7. The highest BCUT2D eigenvalue weighted by atomic mass is 16.5. The number of carbonyl (C=O) groups excluding carboxylic acids is 2. The van der Waals surface area contributed by atoms with Crippen LogP contribution < -0.4 is 25.0 Å². The Balaban J connectivity index is 1.45. The second-order valence-corrected chi connectivity index (χ2v) is 9.79. The summed E-state index contributed by atoms with van der Waals surface area (Å²) >= 11 is 0. The average molecular weight is 557 g/mol. The number of hydrogen-bond donors (Lipinski definition) is 2. The highest BCUT2D eigenvalue weighted by Crippen LogP contribution is 2.43. The molecular formula is C32H36N4O5. The average Bonchev–Trinajstić information content (AvgIpc) is 3.31. The second-order valence-electron chi connectivity index (χ2n) is 9.79. The van der Waals surface area contributed by atoms with E-state index >= 15 is 0 Å². The fourth-order valence-corrected chi connectivity index (χ4v) is 4.96. The molecule has 2 aliphatic rings. The van der Waals surface area contributed by atoms with Crippen molar-refractivity contribution in [2.75, 3.05) is 68.6 Å². The summed E-state index contributed by atoms with van der Waals surface area (Å²) < 4.78 is 17.0. The maximum Gasteiger partial charge on any atom is 0.258 e. The Hall–Kier alpha value is -4.34. The first kappa shape index (κ1) is 28.2. The predicted octanol–water partition coefficient (Wildman–Crippen LogP) is 4.71. The maximum absolute atomic E-state index is 13.4. The van der Waals surface area contributed by atoms with Gasteiger partial charge >= 0.3 is 0 Å². The van der Waals surface area contributed by atoms with Crippen LogP contribution in [0.5, 0.6) is 11.5 Å². The summed E-state index contributed by atoms with van der Waals surface area (Å²) in [5.41, 5.74) is 5.01. The van der Waals surface area contributed by atoms with Gasteiger partial charge in [-0.25, -0.2) is 0 Å². The fraction of sp³-hybridized carbons (Fsp3) is 0.312. The number of nitrogens with one attached hydrogen (secondary N) is 2. The topological polar surface area (TPSA) is 92.4 Å². The van der Waals surface area contributed by atoms with E-state index in [1.165, 1.54) is 0 Å². The molecule has 2 heterocycles. The van der Waals surface area contributed by atoms with Crippen LogP contribution in [-0.4, -0.2) is 69.8 Å². The van der Waals surface area contributed by atoms with Gasteiger partial charge in [0.1, 0.15) is 0 Å². The Morgan fingerprint density at radius 2 is 1.63 bits per heavy atom. The Kier molecular flexibility index (Phi) is 8.86. The summed E-state index contributed by atoms with van der Waals surface area (Å²) in [4.78, 5) is 30.1. The molecule has 214 valence electrons. The third kappa shape index (κ3) is 6.37. The van der Waals surface area contributed by atoms with Crippen LogP contribution in [0.3, 0.4) is 0 Å². The minimum Gasteiger partial charge on any atom is -0.490 e. The molecule has 2 amide bonds. The first-order valence-corrected chi connectivity index (χ1v) is 14.0. The van der Waals surface area contributed by atoms with Crippen LogP contribution in [0, 0.1) is 0 Å². The number of nitrogens with zero attached hydrogens (tertiary/aromatic N) is 2. The molecule has 0 saturated carbocycles. The largest absolute Gasteiger partial charge is 0.490 e.